The summed E-state index contributed by atoms with van der Waals surface area (Å²) in [4.78, 5) is 14.0. The second-order valence-electron chi connectivity index (χ2n) is 6.91. The van der Waals surface area contributed by atoms with Crippen LogP contribution in [0.25, 0.3) is 0 Å². The third kappa shape index (κ3) is 3.29. The normalized spacial score (nSPS) is 29.2. The molecule has 1 N–H and O–H groups in total. The van der Waals surface area contributed by atoms with Crippen molar-refractivity contribution in [2.45, 2.75) is 31.7 Å². The zero-order chi connectivity index (χ0) is 16.6. The number of nitrogens with zero attached hydrogens (tertiary/aromatic N) is 2. The Morgan fingerprint density at radius 2 is 1.91 bits per heavy atom. The van der Waals surface area contributed by atoms with Gasteiger partial charge in [-0.3, -0.25) is 4.79 Å². The van der Waals surface area contributed by atoms with Gasteiger partial charge in [-0.1, -0.05) is 0 Å². The van der Waals surface area contributed by atoms with E-state index in [1.54, 1.807) is 4.90 Å². The molecule has 1 atom stereocenters. The van der Waals surface area contributed by atoms with Crippen LogP contribution in [0.4, 0.5) is 0 Å². The molecular weight excluding hydrogens is 308 g/mol. The van der Waals surface area contributed by atoms with E-state index in [1.807, 2.05) is 6.92 Å². The van der Waals surface area contributed by atoms with Crippen LogP contribution in [-0.4, -0.2) is 80.4 Å². The fourth-order valence-electron chi connectivity index (χ4n) is 3.84. The summed E-state index contributed by atoms with van der Waals surface area (Å²) in [5.74, 6) is -0.124. The number of hydrogen-bond donors (Lipinski definition) is 1. The first-order valence-electron chi connectivity index (χ1n) is 7.51. The molecule has 0 saturated carbocycles. The van der Waals surface area contributed by atoms with Crippen LogP contribution < -0.4 is 0 Å². The molecule has 2 aliphatic rings. The number of piperidine rings is 1. The number of sulfonamides is 1. The average Bonchev–Trinajstić information content (AvgIpc) is 2.72. The van der Waals surface area contributed by atoms with Gasteiger partial charge in [-0.15, -0.1) is 0 Å². The van der Waals surface area contributed by atoms with E-state index in [-0.39, 0.29) is 24.5 Å². The van der Waals surface area contributed by atoms with Gasteiger partial charge in [-0.05, 0) is 31.6 Å². The Bertz CT molecular complexity index is 527. The molecule has 2 rings (SSSR count). The minimum absolute atomic E-state index is 0.00113. The number of aliphatic hydroxyl groups excluding tert-OH is 1. The van der Waals surface area contributed by atoms with Crippen LogP contribution in [0.2, 0.25) is 0 Å². The smallest absolute Gasteiger partial charge is 0.249 e. The molecule has 0 radical (unpaired) electrons. The second-order valence-corrected chi connectivity index (χ2v) is 8.89. The van der Waals surface area contributed by atoms with Crippen LogP contribution in [0.15, 0.2) is 0 Å². The summed E-state index contributed by atoms with van der Waals surface area (Å²) in [6, 6.07) is 0. The van der Waals surface area contributed by atoms with Crippen LogP contribution in [0.1, 0.15) is 26.2 Å². The maximum absolute atomic E-state index is 12.3. The largest absolute Gasteiger partial charge is 0.394 e. The molecule has 7 nitrogen and oxygen atoms in total. The van der Waals surface area contributed by atoms with E-state index in [9.17, 15) is 18.3 Å². The average molecular weight is 334 g/mol. The second kappa shape index (κ2) is 6.07. The van der Waals surface area contributed by atoms with E-state index >= 15 is 0 Å². The van der Waals surface area contributed by atoms with Crippen molar-refractivity contribution in [3.05, 3.63) is 0 Å². The standard InChI is InChI=1S/C14H26N2O5S/c1-13(11-17)9-14(10-16(13)12(18)8-21-2)4-6-15(7-5-14)22(3,19)20/h17H,4-11H2,1-3H3/t13-/m1/s1. The van der Waals surface area contributed by atoms with Gasteiger partial charge < -0.3 is 14.7 Å². The van der Waals surface area contributed by atoms with E-state index in [1.165, 1.54) is 17.7 Å². The highest BCUT2D eigenvalue weighted by Gasteiger charge is 2.53. The Kier molecular flexibility index (Phi) is 4.87. The Labute approximate surface area is 132 Å². The van der Waals surface area contributed by atoms with Crippen LogP contribution in [0.5, 0.6) is 0 Å². The number of ether oxygens (including phenoxy) is 1. The summed E-state index contributed by atoms with van der Waals surface area (Å²) in [6.07, 6.45) is 3.36. The van der Waals surface area contributed by atoms with Crippen molar-refractivity contribution in [3.63, 3.8) is 0 Å². The molecule has 0 aromatic carbocycles. The van der Waals surface area contributed by atoms with Gasteiger partial charge in [-0.2, -0.15) is 0 Å². The van der Waals surface area contributed by atoms with E-state index < -0.39 is 15.6 Å². The molecule has 1 spiro atoms. The van der Waals surface area contributed by atoms with Crippen molar-refractivity contribution in [3.8, 4) is 0 Å². The molecule has 2 heterocycles. The lowest BCUT2D eigenvalue weighted by Gasteiger charge is -2.38. The number of rotatable bonds is 4. The number of methoxy groups -OCH3 is 1. The molecule has 22 heavy (non-hydrogen) atoms. The number of amides is 1. The minimum atomic E-state index is -3.16. The minimum Gasteiger partial charge on any atom is -0.394 e. The molecule has 2 fully saturated rings. The zero-order valence-corrected chi connectivity index (χ0v) is 14.4. The fourth-order valence-corrected chi connectivity index (χ4v) is 4.69. The number of carbonyl (C=O) groups excluding carboxylic acids is 1. The van der Waals surface area contributed by atoms with Crippen LogP contribution in [0.3, 0.4) is 0 Å². The summed E-state index contributed by atoms with van der Waals surface area (Å²) in [6.45, 7) is 3.31. The predicted molar refractivity (Wildman–Crippen MR) is 81.8 cm³/mol. The highest BCUT2D eigenvalue weighted by Crippen LogP contribution is 2.48. The third-order valence-corrected chi connectivity index (χ3v) is 6.37. The van der Waals surface area contributed by atoms with Gasteiger partial charge in [0.15, 0.2) is 0 Å². The first kappa shape index (κ1) is 17.7. The Hall–Kier alpha value is -0.700. The molecule has 0 aromatic rings. The van der Waals surface area contributed by atoms with Crippen LogP contribution in [-0.2, 0) is 19.6 Å². The highest BCUT2D eigenvalue weighted by molar-refractivity contribution is 7.88. The molecule has 0 unspecified atom stereocenters. The van der Waals surface area contributed by atoms with Crippen molar-refractivity contribution in [2.24, 2.45) is 5.41 Å². The lowest BCUT2D eigenvalue weighted by molar-refractivity contribution is -0.140. The van der Waals surface area contributed by atoms with Gasteiger partial charge >= 0.3 is 0 Å². The molecule has 0 bridgehead atoms. The topological polar surface area (TPSA) is 87.2 Å². The summed E-state index contributed by atoms with van der Waals surface area (Å²) < 4.78 is 29.7. The Balaban J connectivity index is 2.13. The first-order valence-corrected chi connectivity index (χ1v) is 9.36. The van der Waals surface area contributed by atoms with Crippen molar-refractivity contribution < 1.29 is 23.1 Å². The first-order chi connectivity index (χ1) is 10.2. The van der Waals surface area contributed by atoms with E-state index in [2.05, 4.69) is 0 Å². The molecule has 0 aliphatic carbocycles. The number of aliphatic hydroxyl groups is 1. The SMILES string of the molecule is COCC(=O)N1CC2(CCN(S(C)(=O)=O)CC2)C[C@]1(C)CO. The van der Waals surface area contributed by atoms with Crippen LogP contribution >= 0.6 is 0 Å². The van der Waals surface area contributed by atoms with Gasteiger partial charge in [0.1, 0.15) is 6.61 Å². The molecule has 128 valence electrons. The molecule has 8 heteroatoms. The monoisotopic (exact) mass is 334 g/mol. The molecular formula is C14H26N2O5S. The van der Waals surface area contributed by atoms with Gasteiger partial charge in [0.2, 0.25) is 15.9 Å². The fraction of sp³-hybridized carbons (Fsp3) is 0.929. The molecule has 2 aliphatic heterocycles. The molecule has 0 aromatic heterocycles. The van der Waals surface area contributed by atoms with Gasteiger partial charge in [0, 0.05) is 26.7 Å². The maximum atomic E-state index is 12.3. The summed E-state index contributed by atoms with van der Waals surface area (Å²) in [5.41, 5.74) is -0.703. The van der Waals surface area contributed by atoms with Crippen molar-refractivity contribution in [1.82, 2.24) is 9.21 Å². The van der Waals surface area contributed by atoms with Gasteiger partial charge in [0.25, 0.3) is 0 Å². The van der Waals surface area contributed by atoms with Gasteiger partial charge in [-0.25, -0.2) is 12.7 Å². The zero-order valence-electron chi connectivity index (χ0n) is 13.5. The quantitative estimate of drug-likeness (QED) is 0.760. The highest BCUT2D eigenvalue weighted by atomic mass is 32.2. The predicted octanol–water partition coefficient (Wildman–Crippen LogP) is -0.342. The Morgan fingerprint density at radius 3 is 2.36 bits per heavy atom. The van der Waals surface area contributed by atoms with E-state index in [0.29, 0.717) is 38.9 Å². The number of hydrogen-bond acceptors (Lipinski definition) is 5. The summed E-state index contributed by atoms with van der Waals surface area (Å²) in [7, 11) is -1.68. The van der Waals surface area contributed by atoms with Gasteiger partial charge in [0.05, 0.1) is 18.4 Å². The number of carbonyl (C=O) groups is 1. The lowest BCUT2D eigenvalue weighted by atomic mass is 9.75. The van der Waals surface area contributed by atoms with Crippen molar-refractivity contribution in [2.75, 3.05) is 46.2 Å². The van der Waals surface area contributed by atoms with Crippen molar-refractivity contribution in [1.29, 1.82) is 0 Å². The summed E-state index contributed by atoms with van der Waals surface area (Å²) in [5, 5.41) is 9.77. The maximum Gasteiger partial charge on any atom is 0.249 e. The lowest BCUT2D eigenvalue weighted by Crippen LogP contribution is -2.49. The Morgan fingerprint density at radius 1 is 1.32 bits per heavy atom. The van der Waals surface area contributed by atoms with Crippen molar-refractivity contribution >= 4 is 15.9 Å². The molecule has 2 saturated heterocycles. The third-order valence-electron chi connectivity index (χ3n) is 5.06. The van der Waals surface area contributed by atoms with E-state index in [4.69, 9.17) is 4.74 Å². The molecule has 1 amide bonds. The number of likely N-dealkylation sites (tertiary alicyclic amines) is 1. The van der Waals surface area contributed by atoms with E-state index in [0.717, 1.165) is 0 Å². The van der Waals surface area contributed by atoms with Crippen LogP contribution in [0, 0.1) is 5.41 Å². The summed E-state index contributed by atoms with van der Waals surface area (Å²) >= 11 is 0.